The van der Waals surface area contributed by atoms with Crippen LogP contribution in [0.25, 0.3) is 6.08 Å². The molecule has 18 heavy (non-hydrogen) atoms. The summed E-state index contributed by atoms with van der Waals surface area (Å²) in [7, 11) is 0. The molecule has 0 spiro atoms. The molecule has 1 N–H and O–H groups in total. The first kappa shape index (κ1) is 12.7. The molecule has 1 aliphatic heterocycles. The van der Waals surface area contributed by atoms with Crippen molar-refractivity contribution in [3.63, 3.8) is 0 Å². The molecule has 1 saturated heterocycles. The number of amides is 1. The molecular formula is C11H8N2O3S2. The van der Waals surface area contributed by atoms with E-state index in [1.54, 1.807) is 30.6 Å². The van der Waals surface area contributed by atoms with Crippen molar-refractivity contribution in [2.24, 2.45) is 0 Å². The number of carboxylic acids is 1. The van der Waals surface area contributed by atoms with Gasteiger partial charge in [-0.25, -0.2) is 4.98 Å². The van der Waals surface area contributed by atoms with Gasteiger partial charge in [0.05, 0.1) is 17.4 Å². The molecule has 1 amide bonds. The number of aromatic amines is 1. The number of carbonyl (C=O) groups is 2. The molecule has 7 heteroatoms. The van der Waals surface area contributed by atoms with Crippen molar-refractivity contribution < 1.29 is 19.7 Å². The van der Waals surface area contributed by atoms with Crippen molar-refractivity contribution in [3.05, 3.63) is 35.0 Å². The zero-order valence-corrected chi connectivity index (χ0v) is 10.7. The standard InChI is InChI=1S/C11H8N2O3S2/c14-9(15)6-13-10(16)8(18-11(13)17)5-7-1-3-12-4-2-7/h1-5H,6H2,(H,14,15)/b8-5+. The molecule has 0 aromatic carbocycles. The number of nitrogens with one attached hydrogen (secondary N) is 1. The summed E-state index contributed by atoms with van der Waals surface area (Å²) < 4.78 is 0.234. The van der Waals surface area contributed by atoms with Gasteiger partial charge in [0, 0.05) is 12.1 Å². The Morgan fingerprint density at radius 2 is 2.17 bits per heavy atom. The minimum Gasteiger partial charge on any atom is -0.548 e. The molecule has 1 aromatic heterocycles. The second kappa shape index (κ2) is 5.28. The highest BCUT2D eigenvalue weighted by molar-refractivity contribution is 8.26. The molecule has 0 saturated carbocycles. The third kappa shape index (κ3) is 2.74. The normalized spacial score (nSPS) is 17.6. The largest absolute Gasteiger partial charge is 0.548 e. The van der Waals surface area contributed by atoms with E-state index in [2.05, 4.69) is 4.98 Å². The molecule has 0 aliphatic carbocycles. The molecule has 1 aliphatic rings. The van der Waals surface area contributed by atoms with E-state index in [1.165, 1.54) is 0 Å². The topological polar surface area (TPSA) is 74.6 Å². The summed E-state index contributed by atoms with van der Waals surface area (Å²) in [5.74, 6) is -1.73. The van der Waals surface area contributed by atoms with E-state index in [1.807, 2.05) is 0 Å². The SMILES string of the molecule is O=C([O-])CN1C(=O)/C(=C\c2cc[nH+]cc2)SC1=S. The average molecular weight is 280 g/mol. The van der Waals surface area contributed by atoms with Crippen LogP contribution in [0.15, 0.2) is 29.4 Å². The van der Waals surface area contributed by atoms with Crippen LogP contribution in [0.1, 0.15) is 5.56 Å². The van der Waals surface area contributed by atoms with Crippen LogP contribution < -0.4 is 10.1 Å². The summed E-state index contributed by atoms with van der Waals surface area (Å²) in [4.78, 5) is 26.7. The fourth-order valence-corrected chi connectivity index (χ4v) is 2.67. The summed E-state index contributed by atoms with van der Waals surface area (Å²) in [5.41, 5.74) is 0.836. The van der Waals surface area contributed by atoms with Gasteiger partial charge < -0.3 is 9.90 Å². The van der Waals surface area contributed by atoms with Crippen LogP contribution in [0.4, 0.5) is 0 Å². The molecule has 0 bridgehead atoms. The number of rotatable bonds is 3. The second-order valence-electron chi connectivity index (χ2n) is 3.47. The summed E-state index contributed by atoms with van der Waals surface area (Å²) in [6.45, 7) is -0.509. The molecule has 2 heterocycles. The lowest BCUT2D eigenvalue weighted by atomic mass is 10.2. The highest BCUT2D eigenvalue weighted by Crippen LogP contribution is 2.31. The number of carbonyl (C=O) groups excluding carboxylic acids is 2. The lowest BCUT2D eigenvalue weighted by Crippen LogP contribution is -2.40. The van der Waals surface area contributed by atoms with Gasteiger partial charge in [-0.1, -0.05) is 24.0 Å². The summed E-state index contributed by atoms with van der Waals surface area (Å²) in [6, 6.07) is 3.59. The number of H-pyrrole nitrogens is 1. The van der Waals surface area contributed by atoms with E-state index in [0.717, 1.165) is 22.2 Å². The van der Waals surface area contributed by atoms with Crippen LogP contribution in [0.2, 0.25) is 0 Å². The number of pyridine rings is 1. The molecule has 2 rings (SSSR count). The summed E-state index contributed by atoms with van der Waals surface area (Å²) in [5, 5.41) is 10.5. The minimum atomic E-state index is -1.33. The van der Waals surface area contributed by atoms with Gasteiger partial charge >= 0.3 is 0 Å². The van der Waals surface area contributed by atoms with Gasteiger partial charge in [0.2, 0.25) is 0 Å². The fraction of sp³-hybridized carbons (Fsp3) is 0.0909. The maximum atomic E-state index is 11.9. The Kier molecular flexibility index (Phi) is 3.73. The van der Waals surface area contributed by atoms with Crippen LogP contribution in [0.5, 0.6) is 0 Å². The van der Waals surface area contributed by atoms with E-state index in [-0.39, 0.29) is 4.32 Å². The van der Waals surface area contributed by atoms with Gasteiger partial charge in [-0.3, -0.25) is 9.69 Å². The predicted molar refractivity (Wildman–Crippen MR) is 67.9 cm³/mol. The number of nitrogens with zero attached hydrogens (tertiary/aromatic N) is 1. The summed E-state index contributed by atoms with van der Waals surface area (Å²) >= 11 is 6.05. The van der Waals surface area contributed by atoms with E-state index >= 15 is 0 Å². The number of thiocarbonyl (C=S) groups is 1. The molecule has 1 fully saturated rings. The first-order chi connectivity index (χ1) is 8.58. The van der Waals surface area contributed by atoms with E-state index < -0.39 is 18.4 Å². The van der Waals surface area contributed by atoms with Gasteiger partial charge in [0.25, 0.3) is 5.91 Å². The zero-order chi connectivity index (χ0) is 13.1. The van der Waals surface area contributed by atoms with Gasteiger partial charge in [-0.05, 0) is 11.6 Å². The van der Waals surface area contributed by atoms with Crippen molar-refractivity contribution in [1.29, 1.82) is 0 Å². The van der Waals surface area contributed by atoms with Crippen LogP contribution in [-0.2, 0) is 9.59 Å². The molecule has 92 valence electrons. The predicted octanol–water partition coefficient (Wildman–Crippen LogP) is -0.548. The second-order valence-corrected chi connectivity index (χ2v) is 5.15. The quantitative estimate of drug-likeness (QED) is 0.549. The van der Waals surface area contributed by atoms with Crippen molar-refractivity contribution in [3.8, 4) is 0 Å². The Morgan fingerprint density at radius 3 is 2.78 bits per heavy atom. The first-order valence-corrected chi connectivity index (χ1v) is 6.22. The Bertz CT molecular complexity index is 542. The lowest BCUT2D eigenvalue weighted by molar-refractivity contribution is -0.378. The fourth-order valence-electron chi connectivity index (χ4n) is 1.41. The number of carboxylic acid groups (broad SMARTS) is 1. The zero-order valence-electron chi connectivity index (χ0n) is 9.08. The van der Waals surface area contributed by atoms with Gasteiger partial charge in [0.1, 0.15) is 4.32 Å². The van der Waals surface area contributed by atoms with Crippen molar-refractivity contribution in [2.45, 2.75) is 0 Å². The Morgan fingerprint density at radius 1 is 1.50 bits per heavy atom. The average Bonchev–Trinajstić information content (AvgIpc) is 2.58. The first-order valence-electron chi connectivity index (χ1n) is 4.99. The maximum absolute atomic E-state index is 11.9. The van der Waals surface area contributed by atoms with Crippen LogP contribution in [-0.4, -0.2) is 27.6 Å². The Labute approximate surface area is 113 Å². The number of hydrogen-bond donors (Lipinski definition) is 0. The minimum absolute atomic E-state index is 0.234. The van der Waals surface area contributed by atoms with Gasteiger partial charge in [-0.2, -0.15) is 0 Å². The van der Waals surface area contributed by atoms with Gasteiger partial charge in [0.15, 0.2) is 12.4 Å². The molecule has 0 atom stereocenters. The molecule has 0 unspecified atom stereocenters. The van der Waals surface area contributed by atoms with Crippen LogP contribution in [0, 0.1) is 0 Å². The highest BCUT2D eigenvalue weighted by atomic mass is 32.2. The van der Waals surface area contributed by atoms with Crippen LogP contribution in [0.3, 0.4) is 0 Å². The number of thioether (sulfide) groups is 1. The number of hydrogen-bond acceptors (Lipinski definition) is 5. The van der Waals surface area contributed by atoms with Crippen molar-refractivity contribution in [1.82, 2.24) is 4.90 Å². The monoisotopic (exact) mass is 280 g/mol. The van der Waals surface area contributed by atoms with Crippen molar-refractivity contribution >= 4 is 46.3 Å². The number of aliphatic carboxylic acids is 1. The third-order valence-corrected chi connectivity index (χ3v) is 3.58. The molecule has 5 nitrogen and oxygen atoms in total. The lowest BCUT2D eigenvalue weighted by Gasteiger charge is -2.14. The molecule has 0 radical (unpaired) electrons. The Hall–Kier alpha value is -1.73. The van der Waals surface area contributed by atoms with Crippen molar-refractivity contribution in [2.75, 3.05) is 6.54 Å². The smallest absolute Gasteiger partial charge is 0.266 e. The Balaban J connectivity index is 2.23. The third-order valence-electron chi connectivity index (χ3n) is 2.20. The van der Waals surface area contributed by atoms with E-state index in [0.29, 0.717) is 4.91 Å². The van der Waals surface area contributed by atoms with Gasteiger partial charge in [-0.15, -0.1) is 0 Å². The van der Waals surface area contributed by atoms with E-state index in [4.69, 9.17) is 12.2 Å². The highest BCUT2D eigenvalue weighted by Gasteiger charge is 2.31. The summed E-state index contributed by atoms with van der Waals surface area (Å²) in [6.07, 6.45) is 5.13. The number of aromatic nitrogens is 1. The molecule has 1 aromatic rings. The maximum Gasteiger partial charge on any atom is 0.266 e. The molecular weight excluding hydrogens is 272 g/mol. The van der Waals surface area contributed by atoms with Crippen LogP contribution >= 0.6 is 24.0 Å². The van der Waals surface area contributed by atoms with E-state index in [9.17, 15) is 14.7 Å².